The molecule has 0 amide bonds. The number of benzene rings is 1. The van der Waals surface area contributed by atoms with E-state index in [-0.39, 0.29) is 0 Å². The number of fused-ring (bicyclic) bond motifs is 2. The summed E-state index contributed by atoms with van der Waals surface area (Å²) in [5.41, 5.74) is 2.84. The normalized spacial score (nSPS) is 30.7. The van der Waals surface area contributed by atoms with E-state index >= 15 is 0 Å². The van der Waals surface area contributed by atoms with Crippen molar-refractivity contribution in [1.29, 1.82) is 0 Å². The number of aryl methyl sites for hydroxylation is 1. The quantitative estimate of drug-likeness (QED) is 0.842. The predicted octanol–water partition coefficient (Wildman–Crippen LogP) is 3.95. The second kappa shape index (κ2) is 5.66. The maximum absolute atomic E-state index is 3.55. The standard InChI is InChI=1S/C18H27N/c1-13-3-5-14(6-4-13)11-18(19-2)12-17-10-15-7-8-16(17)9-15/h3-6,15-19H,7-12H2,1-2H3. The van der Waals surface area contributed by atoms with E-state index < -0.39 is 0 Å². The fraction of sp³-hybridized carbons (Fsp3) is 0.667. The van der Waals surface area contributed by atoms with Crippen molar-refractivity contribution in [2.24, 2.45) is 17.8 Å². The van der Waals surface area contributed by atoms with Crippen molar-refractivity contribution in [3.05, 3.63) is 35.4 Å². The van der Waals surface area contributed by atoms with Crippen molar-refractivity contribution in [3.8, 4) is 0 Å². The number of hydrogen-bond acceptors (Lipinski definition) is 1. The van der Waals surface area contributed by atoms with Gasteiger partial charge in [0.1, 0.15) is 0 Å². The summed E-state index contributed by atoms with van der Waals surface area (Å²) in [5, 5.41) is 3.55. The second-order valence-electron chi connectivity index (χ2n) is 6.85. The van der Waals surface area contributed by atoms with E-state index in [1.165, 1.54) is 49.7 Å². The molecule has 2 saturated carbocycles. The van der Waals surface area contributed by atoms with Crippen molar-refractivity contribution < 1.29 is 0 Å². The van der Waals surface area contributed by atoms with Crippen molar-refractivity contribution in [2.75, 3.05) is 7.05 Å². The number of nitrogens with one attached hydrogen (secondary N) is 1. The van der Waals surface area contributed by atoms with Crippen LogP contribution < -0.4 is 5.32 Å². The summed E-state index contributed by atoms with van der Waals surface area (Å²) in [7, 11) is 2.13. The second-order valence-corrected chi connectivity index (χ2v) is 6.85. The van der Waals surface area contributed by atoms with Gasteiger partial charge < -0.3 is 5.32 Å². The number of likely N-dealkylation sites (N-methyl/N-ethyl adjacent to an activating group) is 1. The average Bonchev–Trinajstić information content (AvgIpc) is 3.03. The van der Waals surface area contributed by atoms with Gasteiger partial charge in [-0.25, -0.2) is 0 Å². The van der Waals surface area contributed by atoms with E-state index in [2.05, 4.69) is 43.6 Å². The topological polar surface area (TPSA) is 12.0 Å². The fourth-order valence-electron chi connectivity index (χ4n) is 4.34. The van der Waals surface area contributed by atoms with Gasteiger partial charge in [0.25, 0.3) is 0 Å². The molecule has 0 aliphatic heterocycles. The third kappa shape index (κ3) is 3.02. The zero-order chi connectivity index (χ0) is 13.2. The Labute approximate surface area is 117 Å². The van der Waals surface area contributed by atoms with E-state index in [1.54, 1.807) is 0 Å². The smallest absolute Gasteiger partial charge is 0.0107 e. The van der Waals surface area contributed by atoms with Gasteiger partial charge in [-0.3, -0.25) is 0 Å². The fourth-order valence-corrected chi connectivity index (χ4v) is 4.34. The van der Waals surface area contributed by atoms with Crippen molar-refractivity contribution in [3.63, 3.8) is 0 Å². The van der Waals surface area contributed by atoms with Crippen LogP contribution in [0.4, 0.5) is 0 Å². The van der Waals surface area contributed by atoms with E-state index in [0.29, 0.717) is 6.04 Å². The van der Waals surface area contributed by atoms with Crippen LogP contribution in [0.2, 0.25) is 0 Å². The first-order valence-electron chi connectivity index (χ1n) is 7.97. The Morgan fingerprint density at radius 2 is 1.95 bits per heavy atom. The molecule has 0 radical (unpaired) electrons. The molecule has 1 heteroatoms. The molecule has 1 nitrogen and oxygen atoms in total. The molecule has 19 heavy (non-hydrogen) atoms. The van der Waals surface area contributed by atoms with E-state index in [1.807, 2.05) is 0 Å². The first kappa shape index (κ1) is 13.2. The molecule has 2 aliphatic carbocycles. The summed E-state index contributed by atoms with van der Waals surface area (Å²) in [5.74, 6) is 3.13. The lowest BCUT2D eigenvalue weighted by atomic mass is 9.83. The monoisotopic (exact) mass is 257 g/mol. The Balaban J connectivity index is 1.57. The zero-order valence-corrected chi connectivity index (χ0v) is 12.4. The highest BCUT2D eigenvalue weighted by Gasteiger charge is 2.39. The molecule has 3 rings (SSSR count). The van der Waals surface area contributed by atoms with Crippen LogP contribution in [0.5, 0.6) is 0 Å². The summed E-state index contributed by atoms with van der Waals surface area (Å²) in [6.45, 7) is 2.16. The summed E-state index contributed by atoms with van der Waals surface area (Å²) >= 11 is 0. The third-order valence-electron chi connectivity index (χ3n) is 5.48. The van der Waals surface area contributed by atoms with Gasteiger partial charge in [-0.15, -0.1) is 0 Å². The molecule has 1 aromatic carbocycles. The average molecular weight is 257 g/mol. The molecular weight excluding hydrogens is 230 g/mol. The molecule has 1 N–H and O–H groups in total. The minimum Gasteiger partial charge on any atom is -0.317 e. The van der Waals surface area contributed by atoms with Gasteiger partial charge in [-0.1, -0.05) is 36.2 Å². The van der Waals surface area contributed by atoms with Gasteiger partial charge in [0.05, 0.1) is 0 Å². The molecule has 2 fully saturated rings. The van der Waals surface area contributed by atoms with Crippen LogP contribution in [0.25, 0.3) is 0 Å². The van der Waals surface area contributed by atoms with Crippen LogP contribution in [-0.4, -0.2) is 13.1 Å². The molecule has 1 aromatic rings. The van der Waals surface area contributed by atoms with Crippen LogP contribution >= 0.6 is 0 Å². The van der Waals surface area contributed by atoms with Gasteiger partial charge in [-0.05, 0) is 69.4 Å². The summed E-state index contributed by atoms with van der Waals surface area (Å²) in [6.07, 6.45) is 8.64. The molecule has 0 aromatic heterocycles. The first-order valence-corrected chi connectivity index (χ1v) is 7.97. The molecule has 4 atom stereocenters. The van der Waals surface area contributed by atoms with Crippen LogP contribution in [-0.2, 0) is 6.42 Å². The molecule has 4 unspecified atom stereocenters. The number of rotatable bonds is 5. The van der Waals surface area contributed by atoms with E-state index in [4.69, 9.17) is 0 Å². The molecule has 104 valence electrons. The van der Waals surface area contributed by atoms with Crippen molar-refractivity contribution in [2.45, 2.75) is 51.5 Å². The van der Waals surface area contributed by atoms with Gasteiger partial charge in [-0.2, -0.15) is 0 Å². The molecular formula is C18H27N. The van der Waals surface area contributed by atoms with E-state index in [0.717, 1.165) is 17.8 Å². The highest BCUT2D eigenvalue weighted by molar-refractivity contribution is 5.22. The molecule has 2 aliphatic rings. The van der Waals surface area contributed by atoms with Gasteiger partial charge >= 0.3 is 0 Å². The molecule has 2 bridgehead atoms. The maximum atomic E-state index is 3.55. The van der Waals surface area contributed by atoms with Crippen LogP contribution in [0.1, 0.15) is 43.2 Å². The Kier molecular flexibility index (Phi) is 3.93. The predicted molar refractivity (Wildman–Crippen MR) is 81.3 cm³/mol. The minimum absolute atomic E-state index is 0.659. The van der Waals surface area contributed by atoms with Gasteiger partial charge in [0, 0.05) is 6.04 Å². The van der Waals surface area contributed by atoms with Crippen molar-refractivity contribution >= 4 is 0 Å². The highest BCUT2D eigenvalue weighted by atomic mass is 14.9. The van der Waals surface area contributed by atoms with Gasteiger partial charge in [0.15, 0.2) is 0 Å². The van der Waals surface area contributed by atoms with Crippen LogP contribution in [0.3, 0.4) is 0 Å². The SMILES string of the molecule is CNC(Cc1ccc(C)cc1)CC1CC2CCC1C2. The lowest BCUT2D eigenvalue weighted by molar-refractivity contribution is 0.281. The van der Waals surface area contributed by atoms with Crippen LogP contribution in [0, 0.1) is 24.7 Å². The first-order chi connectivity index (χ1) is 9.24. The molecule has 0 saturated heterocycles. The summed E-state index contributed by atoms with van der Waals surface area (Å²) < 4.78 is 0. The Bertz CT molecular complexity index is 408. The lowest BCUT2D eigenvalue weighted by Gasteiger charge is -2.26. The van der Waals surface area contributed by atoms with E-state index in [9.17, 15) is 0 Å². The van der Waals surface area contributed by atoms with Crippen molar-refractivity contribution in [1.82, 2.24) is 5.32 Å². The maximum Gasteiger partial charge on any atom is 0.0107 e. The highest BCUT2D eigenvalue weighted by Crippen LogP contribution is 2.49. The van der Waals surface area contributed by atoms with Crippen LogP contribution in [0.15, 0.2) is 24.3 Å². The number of hydrogen-bond donors (Lipinski definition) is 1. The Hall–Kier alpha value is -0.820. The molecule has 0 heterocycles. The van der Waals surface area contributed by atoms with Gasteiger partial charge in [0.2, 0.25) is 0 Å². The largest absolute Gasteiger partial charge is 0.317 e. The lowest BCUT2D eigenvalue weighted by Crippen LogP contribution is -2.31. The zero-order valence-electron chi connectivity index (χ0n) is 12.4. The minimum atomic E-state index is 0.659. The summed E-state index contributed by atoms with van der Waals surface area (Å²) in [4.78, 5) is 0. The summed E-state index contributed by atoms with van der Waals surface area (Å²) in [6, 6.07) is 9.71. The Morgan fingerprint density at radius 3 is 2.53 bits per heavy atom. The third-order valence-corrected chi connectivity index (χ3v) is 5.48. The Morgan fingerprint density at radius 1 is 1.16 bits per heavy atom. The molecule has 0 spiro atoms.